The van der Waals surface area contributed by atoms with Crippen LogP contribution in [0.1, 0.15) is 10.4 Å². The van der Waals surface area contributed by atoms with E-state index in [-0.39, 0.29) is 5.91 Å². The fourth-order valence-corrected chi connectivity index (χ4v) is 2.98. The van der Waals surface area contributed by atoms with Crippen molar-refractivity contribution in [3.63, 3.8) is 0 Å². The first kappa shape index (κ1) is 16.2. The Morgan fingerprint density at radius 3 is 2.77 bits per heavy atom. The van der Waals surface area contributed by atoms with Crippen LogP contribution in [-0.4, -0.2) is 42.3 Å². The number of carbonyl (C=O) groups excluding carboxylic acids is 1. The lowest BCUT2D eigenvalue weighted by Crippen LogP contribution is -2.28. The molecule has 3 aromatic heterocycles. The van der Waals surface area contributed by atoms with Gasteiger partial charge in [0, 0.05) is 37.1 Å². The van der Waals surface area contributed by atoms with E-state index in [9.17, 15) is 4.79 Å². The summed E-state index contributed by atoms with van der Waals surface area (Å²) in [5.41, 5.74) is 2.11. The first-order valence-corrected chi connectivity index (χ1v) is 8.72. The molecule has 4 rings (SSSR count). The van der Waals surface area contributed by atoms with E-state index >= 15 is 0 Å². The highest BCUT2D eigenvalue weighted by molar-refractivity contribution is 7.00. The molecule has 0 aliphatic carbocycles. The molecule has 2 N–H and O–H groups in total. The van der Waals surface area contributed by atoms with Gasteiger partial charge < -0.3 is 15.2 Å². The average Bonchev–Trinajstić information content (AvgIpc) is 3.36. The third-order valence-electron chi connectivity index (χ3n) is 3.75. The van der Waals surface area contributed by atoms with Crippen molar-refractivity contribution in [1.29, 1.82) is 0 Å². The van der Waals surface area contributed by atoms with Gasteiger partial charge in [0.15, 0.2) is 0 Å². The number of anilines is 1. The molecular formula is C17H15N7OS. The number of amides is 1. The van der Waals surface area contributed by atoms with Gasteiger partial charge in [-0.1, -0.05) is 0 Å². The van der Waals surface area contributed by atoms with E-state index < -0.39 is 0 Å². The predicted octanol–water partition coefficient (Wildman–Crippen LogP) is 2.11. The zero-order valence-corrected chi connectivity index (χ0v) is 14.5. The second-order valence-corrected chi connectivity index (χ2v) is 6.03. The number of hydrogen-bond donors (Lipinski definition) is 2. The lowest BCUT2D eigenvalue weighted by atomic mass is 10.2. The van der Waals surface area contributed by atoms with Crippen LogP contribution < -0.4 is 10.6 Å². The summed E-state index contributed by atoms with van der Waals surface area (Å²) in [6.45, 7) is 1.02. The number of carbonyl (C=O) groups is 1. The Morgan fingerprint density at radius 1 is 1.04 bits per heavy atom. The van der Waals surface area contributed by atoms with Crippen LogP contribution in [0, 0.1) is 0 Å². The summed E-state index contributed by atoms with van der Waals surface area (Å²) >= 11 is 1.14. The molecule has 0 fully saturated rings. The van der Waals surface area contributed by atoms with Crippen molar-refractivity contribution in [2.75, 3.05) is 18.4 Å². The summed E-state index contributed by atoms with van der Waals surface area (Å²) in [6, 6.07) is 11.0. The Bertz CT molecular complexity index is 1030. The van der Waals surface area contributed by atoms with Gasteiger partial charge in [-0.25, -0.2) is 9.97 Å². The van der Waals surface area contributed by atoms with Gasteiger partial charge in [0.05, 0.1) is 11.7 Å². The maximum atomic E-state index is 12.2. The summed E-state index contributed by atoms with van der Waals surface area (Å²) in [6.07, 6.45) is 5.34. The van der Waals surface area contributed by atoms with Crippen molar-refractivity contribution in [2.45, 2.75) is 0 Å². The molecule has 0 aliphatic rings. The van der Waals surface area contributed by atoms with Crippen molar-refractivity contribution in [3.05, 3.63) is 60.7 Å². The van der Waals surface area contributed by atoms with Gasteiger partial charge in [0.25, 0.3) is 5.91 Å². The van der Waals surface area contributed by atoms with Crippen molar-refractivity contribution in [1.82, 2.24) is 28.6 Å². The molecule has 26 heavy (non-hydrogen) atoms. The van der Waals surface area contributed by atoms with E-state index in [1.807, 2.05) is 35.2 Å². The van der Waals surface area contributed by atoms with E-state index in [4.69, 9.17) is 0 Å². The zero-order valence-electron chi connectivity index (χ0n) is 13.7. The number of rotatable bonds is 6. The highest BCUT2D eigenvalue weighted by Gasteiger charge is 2.07. The molecule has 0 saturated carbocycles. The molecule has 0 saturated heterocycles. The number of benzene rings is 1. The third kappa shape index (κ3) is 3.52. The normalized spacial score (nSPS) is 10.8. The van der Waals surface area contributed by atoms with Gasteiger partial charge in [0.2, 0.25) is 0 Å². The van der Waals surface area contributed by atoms with Crippen molar-refractivity contribution >= 4 is 34.5 Å². The quantitative estimate of drug-likeness (QED) is 0.508. The third-order valence-corrected chi connectivity index (χ3v) is 4.31. The number of hydrogen-bond acceptors (Lipinski definition) is 7. The number of nitrogens with one attached hydrogen (secondary N) is 2. The van der Waals surface area contributed by atoms with Crippen molar-refractivity contribution in [2.24, 2.45) is 0 Å². The number of fused-ring (bicyclic) bond motifs is 1. The molecule has 0 aliphatic heterocycles. The van der Waals surface area contributed by atoms with Crippen molar-refractivity contribution < 1.29 is 4.79 Å². The van der Waals surface area contributed by atoms with Gasteiger partial charge in [-0.15, -0.1) is 0 Å². The van der Waals surface area contributed by atoms with E-state index in [0.717, 1.165) is 28.6 Å². The fraction of sp³-hybridized carbons (Fsp3) is 0.118. The van der Waals surface area contributed by atoms with Gasteiger partial charge in [0.1, 0.15) is 29.0 Å². The minimum absolute atomic E-state index is 0.141. The average molecular weight is 365 g/mol. The molecule has 0 bridgehead atoms. The minimum Gasteiger partial charge on any atom is -0.368 e. The van der Waals surface area contributed by atoms with Gasteiger partial charge in [-0.3, -0.25) is 4.79 Å². The van der Waals surface area contributed by atoms with Crippen LogP contribution in [0.15, 0.2) is 55.1 Å². The van der Waals surface area contributed by atoms with Crippen LogP contribution in [0.25, 0.3) is 16.9 Å². The molecule has 4 aromatic rings. The predicted molar refractivity (Wildman–Crippen MR) is 99.6 cm³/mol. The molecule has 0 radical (unpaired) electrons. The van der Waals surface area contributed by atoms with Gasteiger partial charge in [-0.05, 0) is 30.3 Å². The van der Waals surface area contributed by atoms with Crippen LogP contribution in [0.3, 0.4) is 0 Å². The van der Waals surface area contributed by atoms with Crippen LogP contribution in [0.2, 0.25) is 0 Å². The molecule has 1 amide bonds. The standard InChI is InChI=1S/C17H15N7OS/c25-17(12-3-4-13-14(9-12)23-26-22-13)19-6-5-18-15-10-16(21-11-20-15)24-7-1-2-8-24/h1-4,7-11H,5-6H2,(H,19,25)(H,18,20,21). The fourth-order valence-electron chi connectivity index (χ4n) is 2.46. The van der Waals surface area contributed by atoms with Crippen LogP contribution >= 0.6 is 11.7 Å². The molecule has 9 heteroatoms. The van der Waals surface area contributed by atoms with Gasteiger partial charge >= 0.3 is 0 Å². The summed E-state index contributed by atoms with van der Waals surface area (Å²) in [5.74, 6) is 1.34. The Morgan fingerprint density at radius 2 is 1.88 bits per heavy atom. The SMILES string of the molecule is O=C(NCCNc1cc(-n2cccc2)ncn1)c1ccc2nsnc2c1. The van der Waals surface area contributed by atoms with Gasteiger partial charge in [-0.2, -0.15) is 8.75 Å². The van der Waals surface area contributed by atoms with Crippen LogP contribution in [-0.2, 0) is 0 Å². The first-order chi connectivity index (χ1) is 12.8. The molecule has 130 valence electrons. The molecular weight excluding hydrogens is 350 g/mol. The highest BCUT2D eigenvalue weighted by atomic mass is 32.1. The second kappa shape index (κ2) is 7.28. The first-order valence-electron chi connectivity index (χ1n) is 7.99. The van der Waals surface area contributed by atoms with E-state index in [1.165, 1.54) is 6.33 Å². The summed E-state index contributed by atoms with van der Waals surface area (Å²) in [5, 5.41) is 6.05. The molecule has 1 aromatic carbocycles. The van der Waals surface area contributed by atoms with Crippen LogP contribution in [0.5, 0.6) is 0 Å². The lowest BCUT2D eigenvalue weighted by Gasteiger charge is -2.09. The molecule has 0 unspecified atom stereocenters. The largest absolute Gasteiger partial charge is 0.368 e. The van der Waals surface area contributed by atoms with E-state index in [1.54, 1.807) is 18.2 Å². The van der Waals surface area contributed by atoms with E-state index in [2.05, 4.69) is 29.3 Å². The maximum absolute atomic E-state index is 12.2. The van der Waals surface area contributed by atoms with E-state index in [0.29, 0.717) is 24.5 Å². The summed E-state index contributed by atoms with van der Waals surface area (Å²) in [4.78, 5) is 20.6. The Kier molecular flexibility index (Phi) is 4.52. The minimum atomic E-state index is -0.141. The monoisotopic (exact) mass is 365 g/mol. The maximum Gasteiger partial charge on any atom is 0.251 e. The van der Waals surface area contributed by atoms with Crippen molar-refractivity contribution in [3.8, 4) is 5.82 Å². The summed E-state index contributed by atoms with van der Waals surface area (Å²) in [7, 11) is 0. The second-order valence-electron chi connectivity index (χ2n) is 5.50. The molecule has 0 atom stereocenters. The van der Waals surface area contributed by atoms with Crippen LogP contribution in [0.4, 0.5) is 5.82 Å². The number of aromatic nitrogens is 5. The topological polar surface area (TPSA) is 97.6 Å². The summed E-state index contributed by atoms with van der Waals surface area (Å²) < 4.78 is 10.2. The zero-order chi connectivity index (χ0) is 17.8. The smallest absolute Gasteiger partial charge is 0.251 e. The highest BCUT2D eigenvalue weighted by Crippen LogP contribution is 2.13. The Hall–Kier alpha value is -3.33. The molecule has 8 nitrogen and oxygen atoms in total. The lowest BCUT2D eigenvalue weighted by molar-refractivity contribution is 0.0955. The molecule has 3 heterocycles. The Labute approximate surface area is 153 Å². The molecule has 0 spiro atoms. The Balaban J connectivity index is 1.31. The number of nitrogens with zero attached hydrogens (tertiary/aromatic N) is 5.